The molecule has 1 aliphatic rings. The molecule has 1 N–H and O–H groups in total. The van der Waals surface area contributed by atoms with E-state index in [-0.39, 0.29) is 6.61 Å². The van der Waals surface area contributed by atoms with E-state index in [1.165, 1.54) is 5.56 Å². The Morgan fingerprint density at radius 1 is 1.09 bits per heavy atom. The molecule has 0 atom stereocenters. The molecule has 0 radical (unpaired) electrons. The van der Waals surface area contributed by atoms with Gasteiger partial charge in [0.05, 0.1) is 6.67 Å². The van der Waals surface area contributed by atoms with Crippen LogP contribution in [0.5, 0.6) is 0 Å². The van der Waals surface area contributed by atoms with Crippen LogP contribution in [0.3, 0.4) is 0 Å². The maximum atomic E-state index is 9.27. The average molecular weight is 333 g/mol. The van der Waals surface area contributed by atoms with E-state index in [4.69, 9.17) is 12.2 Å². The molecule has 2 heterocycles. The normalized spacial score (nSPS) is 16.8. The monoisotopic (exact) mass is 333 g/mol. The molecule has 3 rings (SSSR count). The predicted molar refractivity (Wildman–Crippen MR) is 91.2 cm³/mol. The van der Waals surface area contributed by atoms with E-state index in [1.54, 1.807) is 9.25 Å². The van der Waals surface area contributed by atoms with Gasteiger partial charge in [-0.3, -0.25) is 9.80 Å². The molecule has 1 aromatic heterocycles. The third-order valence-corrected chi connectivity index (χ3v) is 4.80. The second-order valence-electron chi connectivity index (χ2n) is 5.94. The van der Waals surface area contributed by atoms with Crippen LogP contribution in [0.25, 0.3) is 0 Å². The van der Waals surface area contributed by atoms with Gasteiger partial charge in [-0.1, -0.05) is 30.3 Å². The predicted octanol–water partition coefficient (Wildman–Crippen LogP) is 1.22. The number of nitrogens with zero attached hydrogens (tertiary/aromatic N) is 5. The van der Waals surface area contributed by atoms with Crippen molar-refractivity contribution in [1.82, 2.24) is 24.1 Å². The molecule has 0 saturated carbocycles. The fraction of sp³-hybridized carbons (Fsp3) is 0.500. The second kappa shape index (κ2) is 7.35. The third kappa shape index (κ3) is 3.87. The highest BCUT2D eigenvalue weighted by molar-refractivity contribution is 7.71. The summed E-state index contributed by atoms with van der Waals surface area (Å²) in [6, 6.07) is 10.6. The van der Waals surface area contributed by atoms with Crippen LogP contribution in [0.15, 0.2) is 30.3 Å². The molecule has 2 aromatic rings. The summed E-state index contributed by atoms with van der Waals surface area (Å²) in [4.78, 5) is 4.83. The van der Waals surface area contributed by atoms with Crippen molar-refractivity contribution in [2.75, 3.05) is 26.2 Å². The molecule has 1 saturated heterocycles. The summed E-state index contributed by atoms with van der Waals surface area (Å²) in [5.41, 5.74) is 1.36. The zero-order valence-corrected chi connectivity index (χ0v) is 14.2. The van der Waals surface area contributed by atoms with Gasteiger partial charge >= 0.3 is 0 Å². The van der Waals surface area contributed by atoms with Gasteiger partial charge < -0.3 is 9.67 Å². The minimum absolute atomic E-state index is 0.0853. The van der Waals surface area contributed by atoms with E-state index < -0.39 is 0 Å². The quantitative estimate of drug-likeness (QED) is 0.834. The molecule has 23 heavy (non-hydrogen) atoms. The van der Waals surface area contributed by atoms with Crippen molar-refractivity contribution in [3.05, 3.63) is 46.5 Å². The Balaban J connectivity index is 1.54. The summed E-state index contributed by atoms with van der Waals surface area (Å²) >= 11 is 5.37. The molecule has 6 nitrogen and oxygen atoms in total. The van der Waals surface area contributed by atoms with Crippen LogP contribution in [0, 0.1) is 4.77 Å². The number of piperazine rings is 1. The molecule has 0 spiro atoms. The third-order valence-electron chi connectivity index (χ3n) is 4.32. The number of rotatable bonds is 5. The van der Waals surface area contributed by atoms with Crippen molar-refractivity contribution < 1.29 is 5.11 Å². The molecular weight excluding hydrogens is 310 g/mol. The number of hydrogen-bond acceptors (Lipinski definition) is 5. The molecule has 0 aliphatic carbocycles. The Kier molecular flexibility index (Phi) is 5.22. The van der Waals surface area contributed by atoms with Crippen LogP contribution in [0.2, 0.25) is 0 Å². The number of hydrogen-bond donors (Lipinski definition) is 1. The van der Waals surface area contributed by atoms with Crippen LogP contribution < -0.4 is 0 Å². The first-order valence-corrected chi connectivity index (χ1v) is 8.30. The molecule has 1 fully saturated rings. The molecule has 0 unspecified atom stereocenters. The Morgan fingerprint density at radius 2 is 1.74 bits per heavy atom. The van der Waals surface area contributed by atoms with Crippen molar-refractivity contribution in [1.29, 1.82) is 0 Å². The smallest absolute Gasteiger partial charge is 0.198 e. The summed E-state index contributed by atoms with van der Waals surface area (Å²) in [7, 11) is 1.84. The first-order valence-electron chi connectivity index (χ1n) is 7.89. The standard InChI is InChI=1S/C16H23N5OS/c1-18-15(12-22)17-21(16(18)23)13-20-9-7-19(8-10-20)11-14-5-3-2-4-6-14/h2-6,22H,7-13H2,1H3. The van der Waals surface area contributed by atoms with Crippen LogP contribution in [0.1, 0.15) is 11.4 Å². The lowest BCUT2D eigenvalue weighted by Crippen LogP contribution is -2.46. The van der Waals surface area contributed by atoms with Crippen LogP contribution in [-0.4, -0.2) is 55.4 Å². The van der Waals surface area contributed by atoms with Crippen molar-refractivity contribution in [3.63, 3.8) is 0 Å². The van der Waals surface area contributed by atoms with Gasteiger partial charge in [-0.25, -0.2) is 4.68 Å². The minimum atomic E-state index is -0.0853. The topological polar surface area (TPSA) is 49.5 Å². The zero-order valence-electron chi connectivity index (χ0n) is 13.4. The summed E-state index contributed by atoms with van der Waals surface area (Å²) in [5.74, 6) is 0.609. The lowest BCUT2D eigenvalue weighted by Gasteiger charge is -2.34. The molecule has 0 bridgehead atoms. The highest BCUT2D eigenvalue weighted by Crippen LogP contribution is 2.09. The van der Waals surface area contributed by atoms with Gasteiger partial charge in [0.1, 0.15) is 6.61 Å². The van der Waals surface area contributed by atoms with Crippen LogP contribution >= 0.6 is 12.2 Å². The Morgan fingerprint density at radius 3 is 2.35 bits per heavy atom. The molecule has 7 heteroatoms. The average Bonchev–Trinajstić information content (AvgIpc) is 2.85. The van der Waals surface area contributed by atoms with Gasteiger partial charge in [0.2, 0.25) is 0 Å². The van der Waals surface area contributed by atoms with Crippen molar-refractivity contribution >= 4 is 12.2 Å². The Labute approximate surface area is 141 Å². The Hall–Kier alpha value is -1.54. The van der Waals surface area contributed by atoms with Gasteiger partial charge in [-0.05, 0) is 17.8 Å². The van der Waals surface area contributed by atoms with Gasteiger partial charge in [-0.15, -0.1) is 0 Å². The van der Waals surface area contributed by atoms with E-state index in [0.29, 0.717) is 17.3 Å². The lowest BCUT2D eigenvalue weighted by molar-refractivity contribution is 0.0977. The summed E-state index contributed by atoms with van der Waals surface area (Å²) in [6.07, 6.45) is 0. The van der Waals surface area contributed by atoms with Gasteiger partial charge in [0.25, 0.3) is 0 Å². The fourth-order valence-electron chi connectivity index (χ4n) is 2.88. The van der Waals surface area contributed by atoms with Gasteiger partial charge in [-0.2, -0.15) is 5.10 Å². The minimum Gasteiger partial charge on any atom is -0.388 e. The first kappa shape index (κ1) is 16.3. The highest BCUT2D eigenvalue weighted by atomic mass is 32.1. The van der Waals surface area contributed by atoms with Crippen molar-refractivity contribution in [2.45, 2.75) is 19.8 Å². The largest absolute Gasteiger partial charge is 0.388 e. The van der Waals surface area contributed by atoms with E-state index in [2.05, 4.69) is 45.2 Å². The number of aliphatic hydroxyl groups excluding tert-OH is 1. The second-order valence-corrected chi connectivity index (χ2v) is 6.30. The van der Waals surface area contributed by atoms with Gasteiger partial charge in [0.15, 0.2) is 10.6 Å². The summed E-state index contributed by atoms with van der Waals surface area (Å²) < 4.78 is 4.22. The Bertz CT molecular complexity index is 688. The molecule has 1 aliphatic heterocycles. The van der Waals surface area contributed by atoms with Crippen LogP contribution in [-0.2, 0) is 26.9 Å². The van der Waals surface area contributed by atoms with Gasteiger partial charge in [0, 0.05) is 39.8 Å². The number of benzene rings is 1. The van der Waals surface area contributed by atoms with Crippen molar-refractivity contribution in [3.8, 4) is 0 Å². The first-order chi connectivity index (χ1) is 11.2. The van der Waals surface area contributed by atoms with Crippen molar-refractivity contribution in [2.24, 2.45) is 7.05 Å². The summed E-state index contributed by atoms with van der Waals surface area (Å²) in [6.45, 7) is 5.69. The van der Waals surface area contributed by atoms with Crippen LogP contribution in [0.4, 0.5) is 0 Å². The lowest BCUT2D eigenvalue weighted by atomic mass is 10.2. The number of aromatic nitrogens is 3. The number of aliphatic hydroxyl groups is 1. The summed E-state index contributed by atoms with van der Waals surface area (Å²) in [5, 5.41) is 13.7. The maximum Gasteiger partial charge on any atom is 0.198 e. The molecule has 1 aromatic carbocycles. The maximum absolute atomic E-state index is 9.27. The van der Waals surface area contributed by atoms with E-state index in [1.807, 2.05) is 7.05 Å². The molecular formula is C16H23N5OS. The van der Waals surface area contributed by atoms with E-state index >= 15 is 0 Å². The highest BCUT2D eigenvalue weighted by Gasteiger charge is 2.18. The zero-order chi connectivity index (χ0) is 16.2. The molecule has 0 amide bonds. The van der Waals surface area contributed by atoms with E-state index in [0.717, 1.165) is 32.7 Å². The fourth-order valence-corrected chi connectivity index (χ4v) is 3.09. The van der Waals surface area contributed by atoms with E-state index in [9.17, 15) is 5.11 Å². The molecule has 124 valence electrons. The SMILES string of the molecule is Cn1c(CO)nn(CN2CCN(Cc3ccccc3)CC2)c1=S.